The number of furan rings is 1. The minimum Gasteiger partial charge on any atom is -0.455 e. The smallest absolute Gasteiger partial charge is 0.143 e. The predicted octanol–water partition coefficient (Wildman–Crippen LogP) is 17.0. The van der Waals surface area contributed by atoms with Crippen LogP contribution < -0.4 is 4.90 Å². The summed E-state index contributed by atoms with van der Waals surface area (Å²) in [5.41, 5.74) is 17.5. The highest BCUT2D eigenvalue weighted by Crippen LogP contribution is 2.42. The van der Waals surface area contributed by atoms with Gasteiger partial charge in [-0.25, -0.2) is 0 Å². The maximum atomic E-state index is 6.88. The number of aromatic nitrogens is 1. The van der Waals surface area contributed by atoms with Crippen molar-refractivity contribution in [2.24, 2.45) is 0 Å². The zero-order chi connectivity index (χ0) is 43.0. The fraction of sp³-hybridized carbons (Fsp3) is 0.115. The van der Waals surface area contributed by atoms with E-state index in [1.807, 2.05) is 0 Å². The van der Waals surface area contributed by atoms with E-state index in [1.54, 1.807) is 0 Å². The molecular weight excluding hydrogens is 777 g/mol. The Morgan fingerprint density at radius 1 is 0.625 bits per heavy atom. The van der Waals surface area contributed by atoms with Crippen LogP contribution in [0.4, 0.5) is 11.4 Å². The lowest BCUT2D eigenvalue weighted by Crippen LogP contribution is -2.30. The number of rotatable bonds is 10. The number of benzene rings is 7. The number of hydrogen-bond donors (Lipinski definition) is 0. The van der Waals surface area contributed by atoms with Crippen LogP contribution in [-0.2, 0) is 0 Å². The second-order valence-electron chi connectivity index (χ2n) is 16.9. The first kappa shape index (κ1) is 39.2. The topological polar surface area (TPSA) is 21.3 Å². The van der Waals surface area contributed by atoms with Gasteiger partial charge in [0.05, 0.1) is 17.1 Å². The highest BCUT2D eigenvalue weighted by atomic mass is 16.3. The molecule has 7 aromatic carbocycles. The molecule has 0 bridgehead atoms. The molecule has 3 nitrogen and oxygen atoms in total. The van der Waals surface area contributed by atoms with Crippen molar-refractivity contribution in [1.82, 2.24) is 4.57 Å². The quantitative estimate of drug-likeness (QED) is 0.128. The number of nitrogens with zero attached hydrogens (tertiary/aromatic N) is 2. The van der Waals surface area contributed by atoms with Crippen molar-refractivity contribution in [2.45, 2.75) is 45.6 Å². The van der Waals surface area contributed by atoms with E-state index in [0.29, 0.717) is 0 Å². The van der Waals surface area contributed by atoms with E-state index in [0.717, 1.165) is 75.8 Å². The summed E-state index contributed by atoms with van der Waals surface area (Å²) >= 11 is 0. The summed E-state index contributed by atoms with van der Waals surface area (Å²) in [5.74, 6) is 0. The average molecular weight is 827 g/mol. The van der Waals surface area contributed by atoms with Gasteiger partial charge in [0.25, 0.3) is 0 Å². The molecule has 0 radical (unpaired) electrons. The lowest BCUT2D eigenvalue weighted by Gasteiger charge is -2.33. The van der Waals surface area contributed by atoms with Gasteiger partial charge in [-0.15, -0.1) is 0 Å². The Morgan fingerprint density at radius 2 is 1.33 bits per heavy atom. The summed E-state index contributed by atoms with van der Waals surface area (Å²) in [7, 11) is 0. The average Bonchev–Trinajstić information content (AvgIpc) is 3.92. The van der Waals surface area contributed by atoms with Crippen LogP contribution in [0.1, 0.15) is 56.2 Å². The molecule has 1 atom stereocenters. The Balaban J connectivity index is 0.981. The fourth-order valence-electron chi connectivity index (χ4n) is 9.91. The lowest BCUT2D eigenvalue weighted by atomic mass is 9.94. The molecule has 0 aliphatic heterocycles. The van der Waals surface area contributed by atoms with E-state index in [-0.39, 0.29) is 6.04 Å². The molecule has 0 saturated carbocycles. The Bertz CT molecular complexity index is 3380. The minimum absolute atomic E-state index is 0.0796. The molecule has 2 heterocycles. The van der Waals surface area contributed by atoms with Crippen LogP contribution in [0.25, 0.3) is 77.3 Å². The SMILES string of the molecule is C/C=C\C=C(/CC)c1cccc2c1oc1c(C3=CCC(N(c4ccc(-c5ccc(C6=CCCC=C6)cc5)cc4)c4ccc5c(c4)c4ccccc4n5-c4ccccc4)C=C3)cccc12. The van der Waals surface area contributed by atoms with Crippen molar-refractivity contribution in [3.8, 4) is 16.8 Å². The number of para-hydroxylation sites is 4. The van der Waals surface area contributed by atoms with Crippen molar-refractivity contribution < 1.29 is 4.42 Å². The number of hydrogen-bond acceptors (Lipinski definition) is 2. The molecule has 64 heavy (non-hydrogen) atoms. The van der Waals surface area contributed by atoms with Crippen LogP contribution in [0.15, 0.2) is 217 Å². The molecule has 0 saturated heterocycles. The molecule has 0 amide bonds. The molecule has 2 aromatic heterocycles. The van der Waals surface area contributed by atoms with Crippen molar-refractivity contribution in [1.29, 1.82) is 0 Å². The molecule has 1 unspecified atom stereocenters. The van der Waals surface area contributed by atoms with Crippen LogP contribution >= 0.6 is 0 Å². The Hall–Kier alpha value is -7.62. The molecule has 0 spiro atoms. The van der Waals surface area contributed by atoms with Gasteiger partial charge in [-0.3, -0.25) is 0 Å². The molecule has 0 N–H and O–H groups in total. The van der Waals surface area contributed by atoms with E-state index in [4.69, 9.17) is 4.42 Å². The van der Waals surface area contributed by atoms with Crippen LogP contribution in [-0.4, -0.2) is 10.6 Å². The van der Waals surface area contributed by atoms with E-state index in [9.17, 15) is 0 Å². The minimum atomic E-state index is 0.0796. The van der Waals surface area contributed by atoms with Gasteiger partial charge in [0, 0.05) is 49.7 Å². The lowest BCUT2D eigenvalue weighted by molar-refractivity contribution is 0.666. The maximum Gasteiger partial charge on any atom is 0.143 e. The Labute approximate surface area is 375 Å². The van der Waals surface area contributed by atoms with Crippen molar-refractivity contribution in [3.63, 3.8) is 0 Å². The first-order chi connectivity index (χ1) is 31.7. The molecule has 310 valence electrons. The second-order valence-corrected chi connectivity index (χ2v) is 16.9. The zero-order valence-corrected chi connectivity index (χ0v) is 36.4. The molecule has 3 heteroatoms. The zero-order valence-electron chi connectivity index (χ0n) is 36.4. The monoisotopic (exact) mass is 826 g/mol. The standard InChI is InChI=1S/C61H50N2O/c1-3-5-16-42(4-2)52-22-14-24-55-56-25-15-23-53(61(56)64-60(52)55)47-33-37-50(38-34-47)62(49-35-31-46(32-36-49)45-29-27-44(28-30-45)43-17-8-6-9-18-43)51-39-40-59-57(41-51)54-21-12-13-26-58(54)63(59)48-19-10-7-11-20-48/h3,5,7-8,10-37,39-41,50H,4,6,9,38H2,1-2H3/b5-3-,42-16+. The molecule has 9 aromatic rings. The summed E-state index contributed by atoms with van der Waals surface area (Å²) in [6, 6.07) is 57.8. The van der Waals surface area contributed by atoms with E-state index < -0.39 is 0 Å². The Morgan fingerprint density at radius 3 is 2.08 bits per heavy atom. The number of fused-ring (bicyclic) bond motifs is 6. The first-order valence-corrected chi connectivity index (χ1v) is 22.8. The maximum absolute atomic E-state index is 6.88. The van der Waals surface area contributed by atoms with Gasteiger partial charge in [-0.05, 0) is 115 Å². The van der Waals surface area contributed by atoms with Gasteiger partial charge < -0.3 is 13.9 Å². The van der Waals surface area contributed by atoms with Gasteiger partial charge in [0.1, 0.15) is 11.2 Å². The van der Waals surface area contributed by atoms with Crippen LogP contribution in [0.2, 0.25) is 0 Å². The van der Waals surface area contributed by atoms with Gasteiger partial charge in [-0.2, -0.15) is 0 Å². The predicted molar refractivity (Wildman–Crippen MR) is 273 cm³/mol. The van der Waals surface area contributed by atoms with Gasteiger partial charge >= 0.3 is 0 Å². The third-order valence-corrected chi connectivity index (χ3v) is 13.1. The van der Waals surface area contributed by atoms with Crippen LogP contribution in [0.5, 0.6) is 0 Å². The van der Waals surface area contributed by atoms with E-state index in [1.165, 1.54) is 55.2 Å². The van der Waals surface area contributed by atoms with E-state index in [2.05, 4.69) is 236 Å². The highest BCUT2D eigenvalue weighted by molar-refractivity contribution is 6.12. The second kappa shape index (κ2) is 16.9. The van der Waals surface area contributed by atoms with Gasteiger partial charge in [0.15, 0.2) is 0 Å². The van der Waals surface area contributed by atoms with Crippen LogP contribution in [0, 0.1) is 0 Å². The summed E-state index contributed by atoms with van der Waals surface area (Å²) in [4.78, 5) is 2.52. The molecule has 2 aliphatic rings. The van der Waals surface area contributed by atoms with Gasteiger partial charge in [-0.1, -0.05) is 171 Å². The highest BCUT2D eigenvalue weighted by Gasteiger charge is 2.24. The van der Waals surface area contributed by atoms with Crippen molar-refractivity contribution in [2.75, 3.05) is 4.90 Å². The van der Waals surface area contributed by atoms with Crippen molar-refractivity contribution >= 4 is 71.8 Å². The number of anilines is 2. The summed E-state index contributed by atoms with van der Waals surface area (Å²) in [6.45, 7) is 4.27. The van der Waals surface area contributed by atoms with Gasteiger partial charge in [0.2, 0.25) is 0 Å². The third kappa shape index (κ3) is 7.04. The summed E-state index contributed by atoms with van der Waals surface area (Å²) < 4.78 is 9.27. The summed E-state index contributed by atoms with van der Waals surface area (Å²) in [6.07, 6.45) is 24.3. The first-order valence-electron chi connectivity index (χ1n) is 22.8. The van der Waals surface area contributed by atoms with Crippen molar-refractivity contribution in [3.05, 3.63) is 229 Å². The molecule has 11 rings (SSSR count). The summed E-state index contributed by atoms with van der Waals surface area (Å²) in [5, 5.41) is 4.78. The third-order valence-electron chi connectivity index (χ3n) is 13.1. The molecule has 0 fully saturated rings. The largest absolute Gasteiger partial charge is 0.455 e. The molecular formula is C61H50N2O. The van der Waals surface area contributed by atoms with Crippen LogP contribution in [0.3, 0.4) is 0 Å². The Kier molecular flexibility index (Phi) is 10.4. The number of allylic oxidation sites excluding steroid dienone is 10. The molecule has 2 aliphatic carbocycles. The van der Waals surface area contributed by atoms with E-state index >= 15 is 0 Å². The normalized spacial score (nSPS) is 15.5. The fourth-order valence-corrected chi connectivity index (χ4v) is 9.91.